The summed E-state index contributed by atoms with van der Waals surface area (Å²) in [6.07, 6.45) is -1.82. The summed E-state index contributed by atoms with van der Waals surface area (Å²) in [5.41, 5.74) is 4.60. The molecule has 1 saturated heterocycles. The van der Waals surface area contributed by atoms with Crippen molar-refractivity contribution in [2.75, 3.05) is 17.7 Å². The molecular weight excluding hydrogens is 607 g/mol. The summed E-state index contributed by atoms with van der Waals surface area (Å²) < 4.78 is 42.6. The summed E-state index contributed by atoms with van der Waals surface area (Å²) in [5.74, 6) is 0.287. The van der Waals surface area contributed by atoms with Crippen molar-refractivity contribution in [3.05, 3.63) is 89.7 Å². The summed E-state index contributed by atoms with van der Waals surface area (Å²) >= 11 is 1.21. The minimum atomic E-state index is -4.77. The maximum Gasteiger partial charge on any atom is 0.573 e. The lowest BCUT2D eigenvalue weighted by molar-refractivity contribution is -0.274. The minimum Gasteiger partial charge on any atom is -0.406 e. The van der Waals surface area contributed by atoms with Crippen molar-refractivity contribution in [3.63, 3.8) is 0 Å². The monoisotopic (exact) mass is 635 g/mol. The summed E-state index contributed by atoms with van der Waals surface area (Å²) in [7, 11) is 1.48. The number of hydrogen-bond acceptors (Lipinski definition) is 7. The van der Waals surface area contributed by atoms with Crippen molar-refractivity contribution in [2.45, 2.75) is 33.1 Å². The van der Waals surface area contributed by atoms with Gasteiger partial charge in [0.25, 0.3) is 0 Å². The number of alkyl halides is 3. The largest absolute Gasteiger partial charge is 0.573 e. The molecule has 3 amide bonds. The second kappa shape index (κ2) is 12.9. The van der Waals surface area contributed by atoms with E-state index in [4.69, 9.17) is 0 Å². The van der Waals surface area contributed by atoms with Crippen molar-refractivity contribution in [1.82, 2.24) is 19.8 Å². The standard InChI is InChI=1S/C31H28F3N7O3S/c1-19(2)25-14-5-20(3)15-26(25)41-27(42)17-45-30(41)37-29(43)39(4)36-16-21-6-8-22(9-7-21)28-35-18-40(38-28)23-10-12-24(13-11-23)44-31(32,33)34/h5-16,18-19H,17H2,1-4H3/b36-16+,37-30?. The average molecular weight is 636 g/mol. The first kappa shape index (κ1) is 31.4. The molecule has 45 heavy (non-hydrogen) atoms. The molecule has 0 atom stereocenters. The van der Waals surface area contributed by atoms with Crippen LogP contribution in [0.4, 0.5) is 23.7 Å². The van der Waals surface area contributed by atoms with Crippen LogP contribution in [0.5, 0.6) is 5.75 Å². The van der Waals surface area contributed by atoms with Crippen molar-refractivity contribution in [1.29, 1.82) is 0 Å². The number of aliphatic imine (C=N–C) groups is 1. The number of benzene rings is 3. The van der Waals surface area contributed by atoms with Gasteiger partial charge in [-0.15, -0.1) is 18.3 Å². The Bertz CT molecular complexity index is 1770. The highest BCUT2D eigenvalue weighted by Crippen LogP contribution is 2.34. The van der Waals surface area contributed by atoms with E-state index in [2.05, 4.69) is 24.9 Å². The third kappa shape index (κ3) is 7.58. The Balaban J connectivity index is 1.25. The smallest absolute Gasteiger partial charge is 0.406 e. The number of thioether (sulfide) groups is 1. The number of hydrogen-bond donors (Lipinski definition) is 0. The number of nitrogens with zero attached hydrogens (tertiary/aromatic N) is 7. The van der Waals surface area contributed by atoms with Gasteiger partial charge in [0.15, 0.2) is 11.0 Å². The van der Waals surface area contributed by atoms with Crippen LogP contribution in [0, 0.1) is 6.92 Å². The lowest BCUT2D eigenvalue weighted by Gasteiger charge is -2.22. The van der Waals surface area contributed by atoms with Crippen LogP contribution in [-0.4, -0.2) is 62.3 Å². The van der Waals surface area contributed by atoms with Crippen LogP contribution < -0.4 is 9.64 Å². The summed E-state index contributed by atoms with van der Waals surface area (Å²) in [4.78, 5) is 35.7. The Morgan fingerprint density at radius 3 is 2.47 bits per heavy atom. The van der Waals surface area contributed by atoms with Gasteiger partial charge in [-0.05, 0) is 59.9 Å². The third-order valence-corrected chi connectivity index (χ3v) is 7.58. The first-order valence-electron chi connectivity index (χ1n) is 13.7. The molecular formula is C31H28F3N7O3S. The van der Waals surface area contributed by atoms with Gasteiger partial charge in [0.05, 0.1) is 23.3 Å². The van der Waals surface area contributed by atoms with E-state index < -0.39 is 12.4 Å². The molecule has 1 aliphatic rings. The number of amides is 3. The molecule has 232 valence electrons. The Morgan fingerprint density at radius 2 is 1.80 bits per heavy atom. The molecule has 0 saturated carbocycles. The summed E-state index contributed by atoms with van der Waals surface area (Å²) in [6.45, 7) is 6.04. The molecule has 0 bridgehead atoms. The zero-order valence-electron chi connectivity index (χ0n) is 24.7. The molecule has 0 spiro atoms. The van der Waals surface area contributed by atoms with Gasteiger partial charge in [-0.25, -0.2) is 19.5 Å². The molecule has 14 heteroatoms. The van der Waals surface area contributed by atoms with Crippen LogP contribution in [0.15, 0.2) is 83.2 Å². The van der Waals surface area contributed by atoms with Gasteiger partial charge in [0.1, 0.15) is 12.1 Å². The van der Waals surface area contributed by atoms with Crippen molar-refractivity contribution < 1.29 is 27.5 Å². The second-order valence-electron chi connectivity index (χ2n) is 10.4. The van der Waals surface area contributed by atoms with Gasteiger partial charge >= 0.3 is 12.4 Å². The minimum absolute atomic E-state index is 0.141. The molecule has 5 rings (SSSR count). The lowest BCUT2D eigenvalue weighted by Crippen LogP contribution is -2.32. The van der Waals surface area contributed by atoms with E-state index in [9.17, 15) is 22.8 Å². The first-order chi connectivity index (χ1) is 21.4. The Kier molecular flexibility index (Phi) is 9.04. The molecule has 3 aromatic carbocycles. The van der Waals surface area contributed by atoms with Gasteiger partial charge in [-0.1, -0.05) is 62.0 Å². The fraction of sp³-hybridized carbons (Fsp3) is 0.226. The number of aromatic nitrogens is 3. The van der Waals surface area contributed by atoms with Gasteiger partial charge in [0, 0.05) is 12.6 Å². The van der Waals surface area contributed by atoms with Gasteiger partial charge < -0.3 is 4.74 Å². The zero-order chi connectivity index (χ0) is 32.3. The first-order valence-corrected chi connectivity index (χ1v) is 14.7. The highest BCUT2D eigenvalue weighted by atomic mass is 32.2. The number of carbonyl (C=O) groups is 2. The van der Waals surface area contributed by atoms with Crippen LogP contribution in [-0.2, 0) is 4.79 Å². The number of rotatable bonds is 7. The maximum absolute atomic E-state index is 12.9. The van der Waals surface area contributed by atoms with Crippen molar-refractivity contribution >= 4 is 40.8 Å². The number of amidine groups is 1. The summed E-state index contributed by atoms with van der Waals surface area (Å²) in [5, 5.41) is 10.0. The second-order valence-corrected chi connectivity index (χ2v) is 11.3. The van der Waals surface area contributed by atoms with Crippen molar-refractivity contribution in [3.8, 4) is 22.8 Å². The fourth-order valence-electron chi connectivity index (χ4n) is 4.41. The SMILES string of the molecule is Cc1ccc(C(C)C)c(N2C(=O)CSC2=NC(=O)N(C)/N=C/c2ccc(-c3ncn(-c4ccc(OC(F)(F)F)cc4)n3)cc2)c1. The molecule has 0 N–H and O–H groups in total. The number of aryl methyl sites for hydroxylation is 1. The maximum atomic E-state index is 12.9. The van der Waals surface area contributed by atoms with E-state index in [-0.39, 0.29) is 23.3 Å². The molecule has 1 aliphatic heterocycles. The molecule has 0 aliphatic carbocycles. The average Bonchev–Trinajstić information content (AvgIpc) is 3.62. The number of anilines is 1. The topological polar surface area (TPSA) is 105 Å². The Labute approximate surface area is 261 Å². The number of hydrazone groups is 1. The number of halogens is 3. The molecule has 2 heterocycles. The normalized spacial score (nSPS) is 14.6. The van der Waals surface area contributed by atoms with E-state index in [1.54, 1.807) is 24.3 Å². The highest BCUT2D eigenvalue weighted by Gasteiger charge is 2.33. The number of carbonyl (C=O) groups excluding carboxylic acids is 2. The van der Waals surface area contributed by atoms with E-state index in [0.29, 0.717) is 27.8 Å². The zero-order valence-corrected chi connectivity index (χ0v) is 25.5. The van der Waals surface area contributed by atoms with Crippen LogP contribution in [0.2, 0.25) is 0 Å². The van der Waals surface area contributed by atoms with Crippen LogP contribution >= 0.6 is 11.8 Å². The third-order valence-electron chi connectivity index (χ3n) is 6.66. The predicted molar refractivity (Wildman–Crippen MR) is 167 cm³/mol. The number of ether oxygens (including phenoxy) is 1. The molecule has 0 radical (unpaired) electrons. The number of urea groups is 1. The van der Waals surface area contributed by atoms with Gasteiger partial charge in [-0.3, -0.25) is 9.69 Å². The Morgan fingerprint density at radius 1 is 1.09 bits per heavy atom. The van der Waals surface area contributed by atoms with E-state index in [1.165, 1.54) is 65.2 Å². The quantitative estimate of drug-likeness (QED) is 0.164. The van der Waals surface area contributed by atoms with Gasteiger partial charge in [-0.2, -0.15) is 10.1 Å². The van der Waals surface area contributed by atoms with Crippen LogP contribution in [0.25, 0.3) is 17.1 Å². The Hall–Kier alpha value is -4.98. The van der Waals surface area contributed by atoms with Crippen molar-refractivity contribution in [2.24, 2.45) is 10.1 Å². The molecule has 4 aromatic rings. The molecule has 1 fully saturated rings. The molecule has 10 nitrogen and oxygen atoms in total. The van der Waals surface area contributed by atoms with E-state index >= 15 is 0 Å². The predicted octanol–water partition coefficient (Wildman–Crippen LogP) is 6.79. The molecule has 1 aromatic heterocycles. The lowest BCUT2D eigenvalue weighted by atomic mass is 9.99. The highest BCUT2D eigenvalue weighted by molar-refractivity contribution is 8.15. The fourth-order valence-corrected chi connectivity index (χ4v) is 5.27. The van der Waals surface area contributed by atoms with E-state index in [1.807, 2.05) is 39.0 Å². The van der Waals surface area contributed by atoms with Crippen LogP contribution in [0.3, 0.4) is 0 Å². The summed E-state index contributed by atoms with van der Waals surface area (Å²) in [6, 6.07) is 17.6. The molecule has 0 unspecified atom stereocenters. The van der Waals surface area contributed by atoms with Crippen LogP contribution in [0.1, 0.15) is 36.5 Å². The van der Waals surface area contributed by atoms with Gasteiger partial charge in [0.2, 0.25) is 5.91 Å². The van der Waals surface area contributed by atoms with E-state index in [0.717, 1.165) is 21.8 Å².